The first-order valence-electron chi connectivity index (χ1n) is 11.3. The number of aryl methyl sites for hydroxylation is 1. The highest BCUT2D eigenvalue weighted by Gasteiger charge is 2.32. The minimum Gasteiger partial charge on any atom is -0.390 e. The van der Waals surface area contributed by atoms with Crippen molar-refractivity contribution >= 4 is 16.5 Å². The molecule has 1 aromatic rings. The fourth-order valence-corrected chi connectivity index (χ4v) is 6.62. The van der Waals surface area contributed by atoms with Crippen LogP contribution in [0.1, 0.15) is 75.1 Å². The number of fused-ring (bicyclic) bond motifs is 1. The Kier molecular flexibility index (Phi) is 8.21. The van der Waals surface area contributed by atoms with E-state index in [9.17, 15) is 19.0 Å². The Hall–Kier alpha value is -1.12. The van der Waals surface area contributed by atoms with Crippen molar-refractivity contribution in [3.05, 3.63) is 34.9 Å². The van der Waals surface area contributed by atoms with Crippen molar-refractivity contribution < 1.29 is 19.0 Å². The van der Waals surface area contributed by atoms with Crippen LogP contribution in [0, 0.1) is 5.92 Å². The summed E-state index contributed by atoms with van der Waals surface area (Å²) in [6, 6.07) is 5.68. The first-order chi connectivity index (χ1) is 14.3. The zero-order valence-corrected chi connectivity index (χ0v) is 19.1. The first-order valence-corrected chi connectivity index (χ1v) is 13.2. The van der Waals surface area contributed by atoms with Gasteiger partial charge in [0.05, 0.1) is 29.7 Å². The summed E-state index contributed by atoms with van der Waals surface area (Å²) in [5.41, 5.74) is 3.27. The van der Waals surface area contributed by atoms with E-state index in [1.807, 2.05) is 12.1 Å². The van der Waals surface area contributed by atoms with Crippen molar-refractivity contribution in [2.24, 2.45) is 5.92 Å². The Morgan fingerprint density at radius 1 is 1.23 bits per heavy atom. The zero-order chi connectivity index (χ0) is 21.7. The summed E-state index contributed by atoms with van der Waals surface area (Å²) in [6.45, 7) is 3.90. The second-order valence-electron chi connectivity index (χ2n) is 9.07. The molecule has 2 aliphatic rings. The summed E-state index contributed by atoms with van der Waals surface area (Å²) in [5.74, 6) is 0.968. The third-order valence-electron chi connectivity index (χ3n) is 6.55. The highest BCUT2D eigenvalue weighted by atomic mass is 32.3. The van der Waals surface area contributed by atoms with Gasteiger partial charge in [0.15, 0.2) is 0 Å². The van der Waals surface area contributed by atoms with Gasteiger partial charge < -0.3 is 15.7 Å². The molecule has 1 fully saturated rings. The number of carbonyl (C=O) groups excluding carboxylic acids is 1. The number of hydrogen-bond acceptors (Lipinski definition) is 5. The third kappa shape index (κ3) is 6.44. The molecule has 0 aromatic heterocycles. The smallest absolute Gasteiger partial charge is 0.217 e. The first kappa shape index (κ1) is 23.5. The highest BCUT2D eigenvalue weighted by Crippen LogP contribution is 2.50. The minimum absolute atomic E-state index is 0.125. The molecular formula is C23H38N2O4S. The van der Waals surface area contributed by atoms with Gasteiger partial charge in [0.2, 0.25) is 5.91 Å². The maximum Gasteiger partial charge on any atom is 0.217 e. The van der Waals surface area contributed by atoms with Crippen molar-refractivity contribution in [2.75, 3.05) is 12.3 Å². The lowest BCUT2D eigenvalue weighted by Crippen LogP contribution is -2.49. The van der Waals surface area contributed by atoms with E-state index in [0.717, 1.165) is 36.8 Å². The molecule has 7 heteroatoms. The molecular weight excluding hydrogens is 400 g/mol. The van der Waals surface area contributed by atoms with Crippen LogP contribution in [0.3, 0.4) is 0 Å². The summed E-state index contributed by atoms with van der Waals surface area (Å²) in [7, 11) is -2.69. The Labute approximate surface area is 182 Å². The van der Waals surface area contributed by atoms with Gasteiger partial charge in [0.1, 0.15) is 0 Å². The summed E-state index contributed by atoms with van der Waals surface area (Å²) in [4.78, 5) is 11.7. The maximum atomic E-state index is 11.7. The van der Waals surface area contributed by atoms with Crippen molar-refractivity contribution in [3.63, 3.8) is 0 Å². The van der Waals surface area contributed by atoms with Crippen LogP contribution in [-0.4, -0.2) is 44.6 Å². The molecule has 0 spiro atoms. The largest absolute Gasteiger partial charge is 0.390 e. The van der Waals surface area contributed by atoms with Gasteiger partial charge in [-0.25, -0.2) is 0 Å². The second-order valence-corrected chi connectivity index (χ2v) is 11.3. The van der Waals surface area contributed by atoms with Gasteiger partial charge in [-0.3, -0.25) is 13.9 Å². The number of hydrogen-bond donors (Lipinski definition) is 5. The molecule has 1 aliphatic heterocycles. The van der Waals surface area contributed by atoms with E-state index in [-0.39, 0.29) is 23.7 Å². The lowest BCUT2D eigenvalue weighted by Gasteiger charge is -2.42. The van der Waals surface area contributed by atoms with Gasteiger partial charge in [-0.1, -0.05) is 57.2 Å². The molecule has 1 amide bonds. The summed E-state index contributed by atoms with van der Waals surface area (Å²) >= 11 is 0. The number of aliphatic hydroxyl groups excluding tert-OH is 1. The fraction of sp³-hybridized carbons (Fsp3) is 0.696. The van der Waals surface area contributed by atoms with Crippen molar-refractivity contribution in [3.8, 4) is 0 Å². The van der Waals surface area contributed by atoms with Gasteiger partial charge >= 0.3 is 0 Å². The summed E-state index contributed by atoms with van der Waals surface area (Å²) in [6.07, 6.45) is 7.03. The van der Waals surface area contributed by atoms with E-state index >= 15 is 0 Å². The van der Waals surface area contributed by atoms with E-state index in [1.54, 1.807) is 0 Å². The number of aliphatic hydroxyl groups is 1. The van der Waals surface area contributed by atoms with Gasteiger partial charge in [0, 0.05) is 13.5 Å². The molecule has 3 rings (SSSR count). The predicted molar refractivity (Wildman–Crippen MR) is 123 cm³/mol. The Morgan fingerprint density at radius 2 is 1.97 bits per heavy atom. The molecule has 1 aliphatic carbocycles. The minimum atomic E-state index is -2.69. The number of carbonyl (C=O) groups is 1. The van der Waals surface area contributed by atoms with Crippen molar-refractivity contribution in [2.45, 2.75) is 82.7 Å². The molecule has 170 valence electrons. The monoisotopic (exact) mass is 438 g/mol. The maximum absolute atomic E-state index is 11.7. The van der Waals surface area contributed by atoms with Crippen molar-refractivity contribution in [1.29, 1.82) is 0 Å². The Morgan fingerprint density at radius 3 is 2.63 bits per heavy atom. The van der Waals surface area contributed by atoms with E-state index in [2.05, 4.69) is 23.6 Å². The van der Waals surface area contributed by atoms with Gasteiger partial charge in [-0.05, 0) is 35.4 Å². The predicted octanol–water partition coefficient (Wildman–Crippen LogP) is 3.98. The number of rotatable bonds is 8. The molecule has 1 heterocycles. The number of benzene rings is 1. The van der Waals surface area contributed by atoms with Gasteiger partial charge in [-0.15, -0.1) is 0 Å². The number of amides is 1. The van der Waals surface area contributed by atoms with Crippen LogP contribution in [-0.2, 0) is 17.0 Å². The van der Waals surface area contributed by atoms with Gasteiger partial charge in [-0.2, -0.15) is 10.6 Å². The van der Waals surface area contributed by atoms with Crippen LogP contribution in [0.25, 0.3) is 0 Å². The molecule has 0 saturated heterocycles. The lowest BCUT2D eigenvalue weighted by atomic mass is 9.83. The van der Waals surface area contributed by atoms with Crippen LogP contribution in [0.5, 0.6) is 0 Å². The standard InChI is InChI=1S/C23H38N2O4S/c1-3-17-9-10-19-14-30(28,29)15-22(20(19)11-17)24-13-23(27)21(25-16(2)26)12-18-7-5-4-6-8-18/h9-11,18,21-24,27-29H,3-8,12-15H2,1-2H3,(H,25,26)/t21-,22-,23+/m0/s1. The highest BCUT2D eigenvalue weighted by molar-refractivity contribution is 8.23. The number of nitrogens with one attached hydrogen (secondary N) is 2. The zero-order valence-electron chi connectivity index (χ0n) is 18.3. The second kappa shape index (κ2) is 10.5. The Bertz CT molecular complexity index is 721. The van der Waals surface area contributed by atoms with E-state index in [4.69, 9.17) is 0 Å². The normalized spacial score (nSPS) is 24.5. The lowest BCUT2D eigenvalue weighted by molar-refractivity contribution is -0.120. The van der Waals surface area contributed by atoms with Crippen LogP contribution < -0.4 is 10.6 Å². The molecule has 1 saturated carbocycles. The van der Waals surface area contributed by atoms with Crippen LogP contribution in [0.2, 0.25) is 0 Å². The van der Waals surface area contributed by atoms with Crippen molar-refractivity contribution in [1.82, 2.24) is 10.6 Å². The molecule has 0 unspecified atom stereocenters. The molecule has 3 atom stereocenters. The summed E-state index contributed by atoms with van der Waals surface area (Å²) < 4.78 is 20.8. The van der Waals surface area contributed by atoms with Gasteiger partial charge in [0.25, 0.3) is 0 Å². The molecule has 30 heavy (non-hydrogen) atoms. The SMILES string of the molecule is CCc1ccc2c(c1)[C@@H](NC[C@@H](O)[C@H](CC1CCCCC1)NC(C)=O)CS(O)(O)C2. The van der Waals surface area contributed by atoms with Crippen LogP contribution in [0.15, 0.2) is 18.2 Å². The topological polar surface area (TPSA) is 102 Å². The molecule has 0 radical (unpaired) electrons. The van der Waals surface area contributed by atoms with Crippen LogP contribution in [0.4, 0.5) is 0 Å². The Balaban J connectivity index is 1.67. The average molecular weight is 439 g/mol. The molecule has 5 N–H and O–H groups in total. The molecule has 0 bridgehead atoms. The fourth-order valence-electron chi connectivity index (χ4n) is 4.91. The summed E-state index contributed by atoms with van der Waals surface area (Å²) in [5, 5.41) is 17.2. The average Bonchev–Trinajstić information content (AvgIpc) is 2.70. The third-order valence-corrected chi connectivity index (χ3v) is 8.19. The van der Waals surface area contributed by atoms with Crippen LogP contribution >= 0.6 is 10.6 Å². The quantitative estimate of drug-likeness (QED) is 0.423. The van der Waals surface area contributed by atoms with E-state index < -0.39 is 16.7 Å². The molecule has 6 nitrogen and oxygen atoms in total. The van der Waals surface area contributed by atoms with E-state index in [1.165, 1.54) is 31.7 Å². The van der Waals surface area contributed by atoms with E-state index in [0.29, 0.717) is 18.2 Å². The molecule has 1 aromatic carbocycles.